The van der Waals surface area contributed by atoms with Gasteiger partial charge in [-0.15, -0.1) is 0 Å². The number of aliphatic hydroxyl groups is 1. The van der Waals surface area contributed by atoms with E-state index in [9.17, 15) is 5.11 Å². The van der Waals surface area contributed by atoms with Crippen molar-refractivity contribution in [1.29, 1.82) is 0 Å². The summed E-state index contributed by atoms with van der Waals surface area (Å²) < 4.78 is 6.98. The summed E-state index contributed by atoms with van der Waals surface area (Å²) >= 11 is 0. The maximum absolute atomic E-state index is 9.78. The van der Waals surface area contributed by atoms with Crippen molar-refractivity contribution in [1.82, 2.24) is 5.06 Å². The van der Waals surface area contributed by atoms with E-state index in [1.54, 1.807) is 0 Å². The number of hydrogen-bond donors (Lipinski definition) is 1. The van der Waals surface area contributed by atoms with E-state index in [0.29, 0.717) is 16.6 Å². The number of fused-ring (bicyclic) bond motifs is 1. The van der Waals surface area contributed by atoms with Crippen LogP contribution in [0.15, 0.2) is 0 Å². The first-order valence-electron chi connectivity index (χ1n) is 8.97. The second-order valence-corrected chi connectivity index (χ2v) is 13.5. The SMILES string of the molecule is CC(C)[Si](O[C@H]1CCN2O[C@@H](C)[C@H](CO)[C@H]12)(C(C)C)C(C)C. The first-order chi connectivity index (χ1) is 10.3. The van der Waals surface area contributed by atoms with Crippen LogP contribution in [0.1, 0.15) is 54.9 Å². The van der Waals surface area contributed by atoms with Gasteiger partial charge in [-0.1, -0.05) is 41.5 Å². The molecule has 0 bridgehead atoms. The van der Waals surface area contributed by atoms with Gasteiger partial charge < -0.3 is 9.53 Å². The first-order valence-corrected chi connectivity index (χ1v) is 11.1. The average molecular weight is 330 g/mol. The molecule has 0 saturated carbocycles. The van der Waals surface area contributed by atoms with Gasteiger partial charge in [0.25, 0.3) is 0 Å². The summed E-state index contributed by atoms with van der Waals surface area (Å²) in [5, 5.41) is 11.9. The minimum atomic E-state index is -1.88. The highest BCUT2D eigenvalue weighted by Gasteiger charge is 2.54. The molecule has 2 rings (SSSR count). The van der Waals surface area contributed by atoms with Crippen molar-refractivity contribution in [3.8, 4) is 0 Å². The molecule has 0 aromatic carbocycles. The van der Waals surface area contributed by atoms with Crippen LogP contribution in [-0.4, -0.2) is 49.9 Å². The van der Waals surface area contributed by atoms with Gasteiger partial charge in [0.15, 0.2) is 0 Å². The molecule has 0 unspecified atom stereocenters. The Morgan fingerprint density at radius 2 is 1.68 bits per heavy atom. The van der Waals surface area contributed by atoms with Crippen LogP contribution in [-0.2, 0) is 9.26 Å². The molecule has 2 aliphatic rings. The second kappa shape index (κ2) is 6.89. The van der Waals surface area contributed by atoms with E-state index in [4.69, 9.17) is 9.26 Å². The number of rotatable bonds is 6. The topological polar surface area (TPSA) is 41.9 Å². The van der Waals surface area contributed by atoms with Gasteiger partial charge in [0.05, 0.1) is 24.9 Å². The van der Waals surface area contributed by atoms with Crippen LogP contribution in [0.5, 0.6) is 0 Å². The van der Waals surface area contributed by atoms with Gasteiger partial charge in [0.1, 0.15) is 0 Å². The van der Waals surface area contributed by atoms with Crippen molar-refractivity contribution >= 4 is 8.32 Å². The Morgan fingerprint density at radius 1 is 1.14 bits per heavy atom. The molecule has 0 aromatic heterocycles. The molecule has 130 valence electrons. The van der Waals surface area contributed by atoms with E-state index in [-0.39, 0.29) is 30.8 Å². The second-order valence-electron chi connectivity index (χ2n) is 8.05. The van der Waals surface area contributed by atoms with Crippen LogP contribution < -0.4 is 0 Å². The van der Waals surface area contributed by atoms with Crippen LogP contribution in [0.25, 0.3) is 0 Å². The van der Waals surface area contributed by atoms with Gasteiger partial charge in [-0.3, -0.25) is 4.84 Å². The Hall–Kier alpha value is 0.0569. The molecule has 5 heteroatoms. The minimum Gasteiger partial charge on any atom is -0.411 e. The maximum Gasteiger partial charge on any atom is 0.200 e. The van der Waals surface area contributed by atoms with Crippen molar-refractivity contribution < 1.29 is 14.4 Å². The van der Waals surface area contributed by atoms with Gasteiger partial charge in [0, 0.05) is 12.5 Å². The Balaban J connectivity index is 2.23. The van der Waals surface area contributed by atoms with Crippen molar-refractivity contribution in [2.75, 3.05) is 13.2 Å². The number of hydroxylamine groups is 2. The zero-order valence-electron chi connectivity index (χ0n) is 15.4. The van der Waals surface area contributed by atoms with Crippen LogP contribution in [0.3, 0.4) is 0 Å². The lowest BCUT2D eigenvalue weighted by Crippen LogP contribution is -2.53. The molecular weight excluding hydrogens is 294 g/mol. The highest BCUT2D eigenvalue weighted by molar-refractivity contribution is 6.77. The molecule has 1 N–H and O–H groups in total. The molecule has 2 aliphatic heterocycles. The van der Waals surface area contributed by atoms with Gasteiger partial charge in [-0.2, -0.15) is 5.06 Å². The van der Waals surface area contributed by atoms with E-state index < -0.39 is 8.32 Å². The molecular formula is C17H35NO3Si. The molecule has 4 nitrogen and oxygen atoms in total. The lowest BCUT2D eigenvalue weighted by Gasteiger charge is -2.45. The summed E-state index contributed by atoms with van der Waals surface area (Å²) in [6.07, 6.45) is 1.32. The van der Waals surface area contributed by atoms with Gasteiger partial charge in [-0.05, 0) is 30.0 Å². The fourth-order valence-electron chi connectivity index (χ4n) is 5.00. The largest absolute Gasteiger partial charge is 0.411 e. The van der Waals surface area contributed by atoms with Crippen molar-refractivity contribution in [2.24, 2.45) is 5.92 Å². The van der Waals surface area contributed by atoms with Crippen molar-refractivity contribution in [3.63, 3.8) is 0 Å². The zero-order valence-corrected chi connectivity index (χ0v) is 16.4. The van der Waals surface area contributed by atoms with Gasteiger partial charge in [-0.25, -0.2) is 0 Å². The smallest absolute Gasteiger partial charge is 0.200 e. The van der Waals surface area contributed by atoms with Crippen LogP contribution in [0.4, 0.5) is 0 Å². The van der Waals surface area contributed by atoms with E-state index in [1.165, 1.54) is 0 Å². The predicted octanol–water partition coefficient (Wildman–Crippen LogP) is 3.56. The standard InChI is InChI=1S/C17H35NO3Si/c1-11(2)22(12(3)4,13(5)6)21-16-8-9-18-17(16)15(10-19)14(7)20-18/h11-17,19H,8-10H2,1-7H3/t14-,15-,16-,17+/m0/s1. The molecule has 0 aromatic rings. The molecule has 2 fully saturated rings. The zero-order chi connectivity index (χ0) is 16.7. The Morgan fingerprint density at radius 3 is 2.14 bits per heavy atom. The molecule has 0 amide bonds. The van der Waals surface area contributed by atoms with Crippen LogP contribution in [0.2, 0.25) is 16.6 Å². The Labute approximate surface area is 137 Å². The predicted molar refractivity (Wildman–Crippen MR) is 92.2 cm³/mol. The highest BCUT2D eigenvalue weighted by Crippen LogP contribution is 2.46. The molecule has 2 heterocycles. The third-order valence-corrected chi connectivity index (χ3v) is 12.1. The fourth-order valence-corrected chi connectivity index (χ4v) is 10.6. The van der Waals surface area contributed by atoms with Crippen molar-refractivity contribution in [2.45, 2.75) is 89.8 Å². The third-order valence-electron chi connectivity index (χ3n) is 5.96. The van der Waals surface area contributed by atoms with Crippen LogP contribution in [0, 0.1) is 5.92 Å². The van der Waals surface area contributed by atoms with E-state index in [1.807, 2.05) is 0 Å². The lowest BCUT2D eigenvalue weighted by molar-refractivity contribution is -0.146. The van der Waals surface area contributed by atoms with Gasteiger partial charge >= 0.3 is 0 Å². The summed E-state index contributed by atoms with van der Waals surface area (Å²) in [6.45, 7) is 17.1. The van der Waals surface area contributed by atoms with Gasteiger partial charge in [0.2, 0.25) is 8.32 Å². The molecule has 22 heavy (non-hydrogen) atoms. The summed E-state index contributed by atoms with van der Waals surface area (Å²) in [4.78, 5) is 5.92. The Kier molecular flexibility index (Phi) is 5.76. The highest BCUT2D eigenvalue weighted by atomic mass is 28.4. The minimum absolute atomic E-state index is 0.0922. The average Bonchev–Trinajstić information content (AvgIpc) is 2.92. The monoisotopic (exact) mass is 329 g/mol. The van der Waals surface area contributed by atoms with E-state index in [2.05, 4.69) is 53.5 Å². The molecule has 0 aliphatic carbocycles. The van der Waals surface area contributed by atoms with E-state index in [0.717, 1.165) is 13.0 Å². The summed E-state index contributed by atoms with van der Waals surface area (Å²) in [7, 11) is -1.88. The van der Waals surface area contributed by atoms with E-state index >= 15 is 0 Å². The third kappa shape index (κ3) is 2.91. The Bertz CT molecular complexity index is 353. The first kappa shape index (κ1) is 18.4. The van der Waals surface area contributed by atoms with Crippen molar-refractivity contribution in [3.05, 3.63) is 0 Å². The summed E-state index contributed by atoms with van der Waals surface area (Å²) in [6, 6.07) is 0.225. The lowest BCUT2D eigenvalue weighted by atomic mass is 9.94. The number of hydrogen-bond acceptors (Lipinski definition) is 4. The quantitative estimate of drug-likeness (QED) is 0.757. The number of aliphatic hydroxyl groups excluding tert-OH is 1. The summed E-state index contributed by atoms with van der Waals surface area (Å²) in [5.41, 5.74) is 1.77. The number of nitrogens with zero attached hydrogens (tertiary/aromatic N) is 1. The molecule has 0 radical (unpaired) electrons. The normalized spacial score (nSPS) is 33.4. The maximum atomic E-state index is 9.78. The fraction of sp³-hybridized carbons (Fsp3) is 1.00. The summed E-state index contributed by atoms with van der Waals surface area (Å²) in [5.74, 6) is 0.172. The molecule has 2 saturated heterocycles. The molecule has 0 spiro atoms. The van der Waals surface area contributed by atoms with Crippen LogP contribution >= 0.6 is 0 Å². The molecule has 4 atom stereocenters.